The van der Waals surface area contributed by atoms with Crippen LogP contribution in [-0.2, 0) is 0 Å². The van der Waals surface area contributed by atoms with Crippen molar-refractivity contribution in [2.75, 3.05) is 10.6 Å². The van der Waals surface area contributed by atoms with Gasteiger partial charge in [-0.05, 0) is 36.4 Å². The van der Waals surface area contributed by atoms with E-state index in [1.54, 1.807) is 42.5 Å². The number of amides is 2. The van der Waals surface area contributed by atoms with Crippen LogP contribution in [0.4, 0.5) is 16.2 Å². The van der Waals surface area contributed by atoms with E-state index in [9.17, 15) is 9.59 Å². The number of rotatable bonds is 2. The van der Waals surface area contributed by atoms with Crippen molar-refractivity contribution < 1.29 is 4.79 Å². The molecule has 0 bridgehead atoms. The lowest BCUT2D eigenvalue weighted by Gasteiger charge is -2.07. The van der Waals surface area contributed by atoms with Gasteiger partial charge in [-0.2, -0.15) is 0 Å². The largest absolute Gasteiger partial charge is 0.323 e. The summed E-state index contributed by atoms with van der Waals surface area (Å²) in [6, 6.07) is 11.5. The number of urea groups is 1. The third-order valence-electron chi connectivity index (χ3n) is 2.86. The molecule has 0 atom stereocenters. The van der Waals surface area contributed by atoms with Gasteiger partial charge in [-0.3, -0.25) is 0 Å². The Morgan fingerprint density at radius 2 is 1.67 bits per heavy atom. The molecule has 0 aliphatic rings. The van der Waals surface area contributed by atoms with E-state index in [1.165, 1.54) is 0 Å². The SMILES string of the molecule is O=C(Nc1cccc(Cl)c1)Nc1ccc2[nH]c(=O)[nH]c2c1. The number of aromatic nitrogens is 2. The summed E-state index contributed by atoms with van der Waals surface area (Å²) in [5.41, 5.74) is 2.18. The van der Waals surface area contributed by atoms with Crippen molar-refractivity contribution in [2.24, 2.45) is 0 Å². The Balaban J connectivity index is 1.75. The van der Waals surface area contributed by atoms with E-state index in [0.717, 1.165) is 0 Å². The van der Waals surface area contributed by atoms with Gasteiger partial charge in [0.2, 0.25) is 0 Å². The molecule has 6 nitrogen and oxygen atoms in total. The number of benzene rings is 2. The summed E-state index contributed by atoms with van der Waals surface area (Å²) < 4.78 is 0. The molecule has 0 fully saturated rings. The molecule has 3 aromatic rings. The van der Waals surface area contributed by atoms with Crippen LogP contribution in [0, 0.1) is 0 Å². The summed E-state index contributed by atoms with van der Waals surface area (Å²) in [6.07, 6.45) is 0. The number of carbonyl (C=O) groups is 1. The van der Waals surface area contributed by atoms with Crippen LogP contribution >= 0.6 is 11.6 Å². The number of halogens is 1. The number of aromatic amines is 2. The molecule has 0 aliphatic carbocycles. The van der Waals surface area contributed by atoms with Crippen molar-refractivity contribution in [2.45, 2.75) is 0 Å². The minimum absolute atomic E-state index is 0.287. The first-order valence-corrected chi connectivity index (χ1v) is 6.53. The van der Waals surface area contributed by atoms with Crippen LogP contribution in [0.1, 0.15) is 0 Å². The standard InChI is InChI=1S/C14H11ClN4O2/c15-8-2-1-3-9(6-8)16-13(20)17-10-4-5-11-12(7-10)19-14(21)18-11/h1-7H,(H2,16,17,20)(H2,18,19,21). The van der Waals surface area contributed by atoms with Gasteiger partial charge in [0.15, 0.2) is 0 Å². The number of fused-ring (bicyclic) bond motifs is 1. The zero-order valence-electron chi connectivity index (χ0n) is 10.7. The Hall–Kier alpha value is -2.73. The molecule has 0 saturated carbocycles. The van der Waals surface area contributed by atoms with E-state index in [2.05, 4.69) is 20.6 Å². The highest BCUT2D eigenvalue weighted by Gasteiger charge is 2.05. The topological polar surface area (TPSA) is 89.8 Å². The van der Waals surface area contributed by atoms with Crippen molar-refractivity contribution in [1.82, 2.24) is 9.97 Å². The van der Waals surface area contributed by atoms with Gasteiger partial charge in [0, 0.05) is 16.4 Å². The average molecular weight is 303 g/mol. The van der Waals surface area contributed by atoms with Crippen LogP contribution in [0.2, 0.25) is 5.02 Å². The third kappa shape index (κ3) is 3.06. The van der Waals surface area contributed by atoms with Crippen molar-refractivity contribution in [3.8, 4) is 0 Å². The lowest BCUT2D eigenvalue weighted by atomic mass is 10.3. The van der Waals surface area contributed by atoms with Gasteiger partial charge in [-0.1, -0.05) is 17.7 Å². The maximum Gasteiger partial charge on any atom is 0.323 e. The number of nitrogens with one attached hydrogen (secondary N) is 4. The van der Waals surface area contributed by atoms with E-state index < -0.39 is 6.03 Å². The van der Waals surface area contributed by atoms with Gasteiger partial charge in [-0.25, -0.2) is 9.59 Å². The normalized spacial score (nSPS) is 10.5. The van der Waals surface area contributed by atoms with Crippen LogP contribution in [0.25, 0.3) is 11.0 Å². The first kappa shape index (κ1) is 13.3. The van der Waals surface area contributed by atoms with Gasteiger partial charge in [0.05, 0.1) is 11.0 Å². The van der Waals surface area contributed by atoms with Crippen LogP contribution in [0.5, 0.6) is 0 Å². The van der Waals surface area contributed by atoms with E-state index in [1.807, 2.05) is 0 Å². The second-order valence-corrected chi connectivity index (χ2v) is 4.87. The van der Waals surface area contributed by atoms with Crippen molar-refractivity contribution in [3.63, 3.8) is 0 Å². The fraction of sp³-hybridized carbons (Fsp3) is 0. The van der Waals surface area contributed by atoms with E-state index in [0.29, 0.717) is 27.4 Å². The monoisotopic (exact) mass is 302 g/mol. The third-order valence-corrected chi connectivity index (χ3v) is 3.09. The second kappa shape index (κ2) is 5.34. The Morgan fingerprint density at radius 3 is 2.43 bits per heavy atom. The summed E-state index contributed by atoms with van der Waals surface area (Å²) in [5.74, 6) is 0. The molecule has 0 saturated heterocycles. The molecule has 106 valence electrons. The van der Waals surface area contributed by atoms with Gasteiger partial charge in [0.25, 0.3) is 0 Å². The van der Waals surface area contributed by atoms with Crippen LogP contribution in [0.15, 0.2) is 47.3 Å². The van der Waals surface area contributed by atoms with Gasteiger partial charge >= 0.3 is 11.7 Å². The zero-order chi connectivity index (χ0) is 14.8. The first-order chi connectivity index (χ1) is 10.1. The number of H-pyrrole nitrogens is 2. The van der Waals surface area contributed by atoms with Crippen LogP contribution in [-0.4, -0.2) is 16.0 Å². The summed E-state index contributed by atoms with van der Waals surface area (Å²) in [5, 5.41) is 5.89. The number of hydrogen-bond donors (Lipinski definition) is 4. The van der Waals surface area contributed by atoms with Crippen molar-refractivity contribution >= 4 is 40.0 Å². The highest BCUT2D eigenvalue weighted by molar-refractivity contribution is 6.30. The second-order valence-electron chi connectivity index (χ2n) is 4.43. The Morgan fingerprint density at radius 1 is 0.952 bits per heavy atom. The molecule has 2 amide bonds. The molecular weight excluding hydrogens is 292 g/mol. The molecule has 0 radical (unpaired) electrons. The summed E-state index contributed by atoms with van der Waals surface area (Å²) >= 11 is 5.85. The van der Waals surface area contributed by atoms with E-state index in [4.69, 9.17) is 11.6 Å². The molecule has 3 rings (SSSR count). The number of hydrogen-bond acceptors (Lipinski definition) is 2. The Kier molecular flexibility index (Phi) is 3.37. The smallest absolute Gasteiger partial charge is 0.308 e. The van der Waals surface area contributed by atoms with Crippen molar-refractivity contribution in [1.29, 1.82) is 0 Å². The van der Waals surface area contributed by atoms with Crippen LogP contribution in [0.3, 0.4) is 0 Å². The summed E-state index contributed by atoms with van der Waals surface area (Å²) in [4.78, 5) is 28.3. The number of anilines is 2. The lowest BCUT2D eigenvalue weighted by Crippen LogP contribution is -2.19. The quantitative estimate of drug-likeness (QED) is 0.586. The molecular formula is C14H11ClN4O2. The van der Waals surface area contributed by atoms with Crippen LogP contribution < -0.4 is 16.3 Å². The molecule has 1 aromatic heterocycles. The Bertz CT molecular complexity index is 869. The maximum atomic E-state index is 11.9. The fourth-order valence-electron chi connectivity index (χ4n) is 1.97. The highest BCUT2D eigenvalue weighted by atomic mass is 35.5. The molecule has 2 aromatic carbocycles. The minimum atomic E-state index is -0.394. The number of imidazole rings is 1. The number of carbonyl (C=O) groups excluding carboxylic acids is 1. The first-order valence-electron chi connectivity index (χ1n) is 6.16. The predicted octanol–water partition coefficient (Wildman–Crippen LogP) is 3.15. The molecule has 7 heteroatoms. The highest BCUT2D eigenvalue weighted by Crippen LogP contribution is 2.17. The van der Waals surface area contributed by atoms with E-state index in [-0.39, 0.29) is 5.69 Å². The lowest BCUT2D eigenvalue weighted by molar-refractivity contribution is 0.262. The molecule has 21 heavy (non-hydrogen) atoms. The van der Waals surface area contributed by atoms with E-state index >= 15 is 0 Å². The van der Waals surface area contributed by atoms with Gasteiger partial charge < -0.3 is 20.6 Å². The predicted molar refractivity (Wildman–Crippen MR) is 83.0 cm³/mol. The minimum Gasteiger partial charge on any atom is -0.308 e. The molecule has 4 N–H and O–H groups in total. The summed E-state index contributed by atoms with van der Waals surface area (Å²) in [7, 11) is 0. The summed E-state index contributed by atoms with van der Waals surface area (Å²) in [6.45, 7) is 0. The average Bonchev–Trinajstić information content (AvgIpc) is 2.78. The molecule has 1 heterocycles. The zero-order valence-corrected chi connectivity index (χ0v) is 11.5. The Labute approximate surface area is 124 Å². The van der Waals surface area contributed by atoms with Gasteiger partial charge in [-0.15, -0.1) is 0 Å². The maximum absolute atomic E-state index is 11.9. The molecule has 0 spiro atoms. The molecule has 0 unspecified atom stereocenters. The van der Waals surface area contributed by atoms with Gasteiger partial charge in [0.1, 0.15) is 0 Å². The molecule has 0 aliphatic heterocycles. The van der Waals surface area contributed by atoms with Crippen molar-refractivity contribution in [3.05, 3.63) is 58.0 Å². The fourth-order valence-corrected chi connectivity index (χ4v) is 2.16.